The molecule has 0 aliphatic rings. The van der Waals surface area contributed by atoms with Gasteiger partial charge >= 0.3 is 17.8 Å². The number of anilines is 2. The summed E-state index contributed by atoms with van der Waals surface area (Å²) in [6, 6.07) is 7.78. The highest BCUT2D eigenvalue weighted by Gasteiger charge is 2.24. The number of carbonyl (C=O) groups is 4. The van der Waals surface area contributed by atoms with Crippen LogP contribution in [0, 0.1) is 4.91 Å². The van der Waals surface area contributed by atoms with Crippen LogP contribution in [0.15, 0.2) is 47.6 Å². The zero-order chi connectivity index (χ0) is 22.3. The van der Waals surface area contributed by atoms with Crippen molar-refractivity contribution in [3.05, 3.63) is 58.5 Å². The predicted octanol–water partition coefficient (Wildman–Crippen LogP) is 1.40. The molecule has 0 saturated carbocycles. The van der Waals surface area contributed by atoms with Gasteiger partial charge in [0, 0.05) is 16.3 Å². The van der Waals surface area contributed by atoms with Gasteiger partial charge in [-0.2, -0.15) is 0 Å². The van der Waals surface area contributed by atoms with Crippen LogP contribution >= 0.6 is 0 Å². The third-order valence-corrected chi connectivity index (χ3v) is 3.80. The van der Waals surface area contributed by atoms with Crippen LogP contribution in [0.25, 0.3) is 0 Å². The maximum Gasteiger partial charge on any atom is 0.326 e. The van der Waals surface area contributed by atoms with E-state index in [1.165, 1.54) is 36.4 Å². The number of carboxylic acid groups (broad SMARTS) is 2. The van der Waals surface area contributed by atoms with E-state index in [9.17, 15) is 29.2 Å². The third kappa shape index (κ3) is 5.76. The molecule has 2 amide bonds. The number of amides is 2. The largest absolute Gasteiger partial charge is 0.506 e. The predicted molar refractivity (Wildman–Crippen MR) is 103 cm³/mol. The first kappa shape index (κ1) is 21.8. The monoisotopic (exact) mass is 416 g/mol. The van der Waals surface area contributed by atoms with Crippen LogP contribution < -0.4 is 16.2 Å². The summed E-state index contributed by atoms with van der Waals surface area (Å²) >= 11 is 0. The lowest BCUT2D eigenvalue weighted by molar-refractivity contribution is -0.145. The van der Waals surface area contributed by atoms with Crippen molar-refractivity contribution in [2.24, 2.45) is 5.18 Å². The Morgan fingerprint density at radius 3 is 2.10 bits per heavy atom. The molecule has 0 heterocycles. The van der Waals surface area contributed by atoms with Crippen molar-refractivity contribution in [3.8, 4) is 5.75 Å². The first-order valence-electron chi connectivity index (χ1n) is 8.29. The molecule has 2 rings (SSSR count). The van der Waals surface area contributed by atoms with Gasteiger partial charge in [-0.05, 0) is 42.5 Å². The smallest absolute Gasteiger partial charge is 0.326 e. The SMILES string of the molecule is O=NC(=O)c1ccc(NNc2ccc(C(=O)NC(CC(=O)O)C(=O)O)cc2O)cc1. The number of carboxylic acids is 2. The molecule has 2 aromatic rings. The van der Waals surface area contributed by atoms with Gasteiger partial charge in [0.2, 0.25) is 0 Å². The standard InChI is InChI=1S/C18H16N4O8/c23-14-7-10(16(26)19-13(18(28)29)8-15(24)25)3-6-12(14)21-20-11-4-1-9(2-5-11)17(27)22-30/h1-7,13,20-21,23H,8H2,(H,19,26)(H,24,25)(H,28,29). The number of carbonyl (C=O) groups excluding carboxylic acids is 2. The molecule has 0 aromatic heterocycles. The molecule has 6 N–H and O–H groups in total. The minimum Gasteiger partial charge on any atom is -0.506 e. The molecule has 1 atom stereocenters. The summed E-state index contributed by atoms with van der Waals surface area (Å²) in [5, 5.41) is 32.1. The number of benzene rings is 2. The molecule has 1 unspecified atom stereocenters. The number of nitrogens with zero attached hydrogens (tertiary/aromatic N) is 1. The van der Waals surface area contributed by atoms with E-state index in [1.54, 1.807) is 0 Å². The normalized spacial score (nSPS) is 11.1. The lowest BCUT2D eigenvalue weighted by Crippen LogP contribution is -2.42. The van der Waals surface area contributed by atoms with Gasteiger partial charge in [-0.15, -0.1) is 4.91 Å². The van der Waals surface area contributed by atoms with Crippen LogP contribution in [0.2, 0.25) is 0 Å². The summed E-state index contributed by atoms with van der Waals surface area (Å²) < 4.78 is 0. The number of aliphatic carboxylic acids is 2. The Kier molecular flexibility index (Phi) is 7.01. The Labute approximate surface area is 168 Å². The minimum absolute atomic E-state index is 0.0843. The Hall–Kier alpha value is -4.48. The highest BCUT2D eigenvalue weighted by molar-refractivity contribution is 5.98. The molecule has 2 aromatic carbocycles. The van der Waals surface area contributed by atoms with E-state index in [2.05, 4.69) is 21.3 Å². The maximum atomic E-state index is 12.1. The number of hydrogen-bond donors (Lipinski definition) is 6. The number of phenols is 1. The first-order chi connectivity index (χ1) is 14.2. The number of hydrogen-bond acceptors (Lipinski definition) is 8. The topological polar surface area (TPSA) is 194 Å². The van der Waals surface area contributed by atoms with Gasteiger partial charge in [0.25, 0.3) is 5.91 Å². The number of rotatable bonds is 9. The number of hydrazine groups is 1. The molecule has 12 heteroatoms. The Morgan fingerprint density at radius 2 is 1.57 bits per heavy atom. The van der Waals surface area contributed by atoms with E-state index in [-0.39, 0.29) is 22.6 Å². The van der Waals surface area contributed by atoms with E-state index < -0.39 is 36.2 Å². The molecule has 0 radical (unpaired) electrons. The highest BCUT2D eigenvalue weighted by Crippen LogP contribution is 2.24. The fourth-order valence-electron chi connectivity index (χ4n) is 2.28. The summed E-state index contributed by atoms with van der Waals surface area (Å²) in [5.41, 5.74) is 6.07. The van der Waals surface area contributed by atoms with Crippen molar-refractivity contribution in [3.63, 3.8) is 0 Å². The second kappa shape index (κ2) is 9.64. The van der Waals surface area contributed by atoms with Gasteiger partial charge in [0.1, 0.15) is 11.8 Å². The summed E-state index contributed by atoms with van der Waals surface area (Å²) in [4.78, 5) is 55.2. The molecule has 12 nitrogen and oxygen atoms in total. The summed E-state index contributed by atoms with van der Waals surface area (Å²) in [7, 11) is 0. The number of nitroso groups, excluding NO2 is 1. The van der Waals surface area contributed by atoms with Crippen molar-refractivity contribution in [1.82, 2.24) is 5.32 Å². The maximum absolute atomic E-state index is 12.1. The highest BCUT2D eigenvalue weighted by atomic mass is 16.4. The van der Waals surface area contributed by atoms with E-state index in [1.807, 2.05) is 0 Å². The van der Waals surface area contributed by atoms with Gasteiger partial charge < -0.3 is 26.1 Å². The summed E-state index contributed by atoms with van der Waals surface area (Å²) in [6.07, 6.45) is -0.802. The fourth-order valence-corrected chi connectivity index (χ4v) is 2.28. The Bertz CT molecular complexity index is 990. The quantitative estimate of drug-likeness (QED) is 0.197. The van der Waals surface area contributed by atoms with E-state index >= 15 is 0 Å². The number of aromatic hydroxyl groups is 1. The molecule has 156 valence electrons. The lowest BCUT2D eigenvalue weighted by Gasteiger charge is -2.14. The van der Waals surface area contributed by atoms with Crippen molar-refractivity contribution >= 4 is 35.1 Å². The van der Waals surface area contributed by atoms with Gasteiger partial charge in [0.05, 0.1) is 17.8 Å². The van der Waals surface area contributed by atoms with Crippen molar-refractivity contribution in [1.29, 1.82) is 0 Å². The van der Waals surface area contributed by atoms with E-state index in [0.29, 0.717) is 5.69 Å². The number of nitrogens with one attached hydrogen (secondary N) is 3. The molecule has 30 heavy (non-hydrogen) atoms. The van der Waals surface area contributed by atoms with Crippen LogP contribution in [0.5, 0.6) is 5.75 Å². The molecule has 0 aliphatic carbocycles. The van der Waals surface area contributed by atoms with Crippen molar-refractivity contribution < 1.29 is 34.5 Å². The molecular weight excluding hydrogens is 400 g/mol. The molecule has 0 saturated heterocycles. The third-order valence-electron chi connectivity index (χ3n) is 3.80. The van der Waals surface area contributed by atoms with Crippen molar-refractivity contribution in [2.75, 3.05) is 10.9 Å². The fraction of sp³-hybridized carbons (Fsp3) is 0.111. The Morgan fingerprint density at radius 1 is 0.933 bits per heavy atom. The molecule has 0 spiro atoms. The van der Waals surface area contributed by atoms with Crippen molar-refractivity contribution in [2.45, 2.75) is 12.5 Å². The second-order valence-electron chi connectivity index (χ2n) is 5.92. The Balaban J connectivity index is 2.03. The van der Waals surface area contributed by atoms with Crippen LogP contribution in [0.3, 0.4) is 0 Å². The summed E-state index contributed by atoms with van der Waals surface area (Å²) in [5.74, 6) is -5.03. The molecule has 0 aliphatic heterocycles. The zero-order valence-corrected chi connectivity index (χ0v) is 15.2. The molecular formula is C18H16N4O8. The molecule has 0 bridgehead atoms. The summed E-state index contributed by atoms with van der Waals surface area (Å²) in [6.45, 7) is 0. The van der Waals surface area contributed by atoms with Gasteiger partial charge in [-0.1, -0.05) is 0 Å². The van der Waals surface area contributed by atoms with Crippen LogP contribution in [-0.2, 0) is 9.59 Å². The molecule has 0 fully saturated rings. The zero-order valence-electron chi connectivity index (χ0n) is 15.2. The minimum atomic E-state index is -1.62. The first-order valence-corrected chi connectivity index (χ1v) is 8.29. The van der Waals surface area contributed by atoms with Crippen LogP contribution in [-0.4, -0.2) is 45.1 Å². The van der Waals surface area contributed by atoms with Gasteiger partial charge in [0.15, 0.2) is 0 Å². The van der Waals surface area contributed by atoms with Crippen LogP contribution in [0.1, 0.15) is 27.1 Å². The van der Waals surface area contributed by atoms with E-state index in [0.717, 1.165) is 6.07 Å². The van der Waals surface area contributed by atoms with Gasteiger partial charge in [-0.3, -0.25) is 19.8 Å². The number of phenolic OH excluding ortho intramolecular Hbond substituents is 1. The average Bonchev–Trinajstić information content (AvgIpc) is 2.71. The van der Waals surface area contributed by atoms with Crippen LogP contribution in [0.4, 0.5) is 11.4 Å². The van der Waals surface area contributed by atoms with E-state index in [4.69, 9.17) is 10.2 Å². The lowest BCUT2D eigenvalue weighted by atomic mass is 10.1. The average molecular weight is 416 g/mol. The second-order valence-corrected chi connectivity index (χ2v) is 5.92. The van der Waals surface area contributed by atoms with Gasteiger partial charge in [-0.25, -0.2) is 4.79 Å².